The summed E-state index contributed by atoms with van der Waals surface area (Å²) in [6, 6.07) is 10.5. The molecule has 0 saturated carbocycles. The lowest BCUT2D eigenvalue weighted by molar-refractivity contribution is -0.151. The second-order valence-corrected chi connectivity index (χ2v) is 23.9. The van der Waals surface area contributed by atoms with Crippen LogP contribution in [0, 0.1) is 0 Å². The van der Waals surface area contributed by atoms with Crippen LogP contribution < -0.4 is 0 Å². The van der Waals surface area contributed by atoms with Gasteiger partial charge in [-0.1, -0.05) is 59.7 Å². The third-order valence-electron chi connectivity index (χ3n) is 8.43. The van der Waals surface area contributed by atoms with Crippen LogP contribution >= 0.6 is 11.3 Å². The summed E-state index contributed by atoms with van der Waals surface area (Å²) < 4.78 is 27.3. The molecule has 1 aliphatic heterocycles. The fourth-order valence-electron chi connectivity index (χ4n) is 4.18. The predicted molar refractivity (Wildman–Crippen MR) is 152 cm³/mol. The van der Waals surface area contributed by atoms with Crippen molar-refractivity contribution in [2.75, 3.05) is 0 Å². The zero-order valence-electron chi connectivity index (χ0n) is 23.5. The Morgan fingerprint density at radius 1 is 1.03 bits per heavy atom. The van der Waals surface area contributed by atoms with E-state index in [4.69, 9.17) is 18.3 Å². The number of carbonyl (C=O) groups is 1. The van der Waals surface area contributed by atoms with Crippen LogP contribution in [-0.4, -0.2) is 40.4 Å². The maximum absolute atomic E-state index is 13.4. The van der Waals surface area contributed by atoms with Gasteiger partial charge in [-0.05, 0) is 59.9 Å². The summed E-state index contributed by atoms with van der Waals surface area (Å²) in [6.07, 6.45) is 1.51. The molecule has 2 heterocycles. The molecule has 2 bridgehead atoms. The van der Waals surface area contributed by atoms with Gasteiger partial charge in [0.1, 0.15) is 24.6 Å². The molecule has 1 aromatic carbocycles. The van der Waals surface area contributed by atoms with E-state index >= 15 is 0 Å². The summed E-state index contributed by atoms with van der Waals surface area (Å²) in [5.41, 5.74) is -1.11. The van der Waals surface area contributed by atoms with E-state index in [0.717, 1.165) is 4.88 Å². The van der Waals surface area contributed by atoms with Crippen LogP contribution in [0.5, 0.6) is 0 Å². The van der Waals surface area contributed by atoms with Crippen molar-refractivity contribution in [3.63, 3.8) is 0 Å². The van der Waals surface area contributed by atoms with Crippen LogP contribution in [0.3, 0.4) is 0 Å². The quantitative estimate of drug-likeness (QED) is 0.262. The average Bonchev–Trinajstić information content (AvgIpc) is 3.25. The zero-order chi connectivity index (χ0) is 26.7. The smallest absolute Gasteiger partial charge is 0.342 e. The van der Waals surface area contributed by atoms with Gasteiger partial charge in [0.2, 0.25) is 0 Å². The zero-order valence-corrected chi connectivity index (χ0v) is 26.3. The Labute approximate surface area is 222 Å². The van der Waals surface area contributed by atoms with Gasteiger partial charge in [0.15, 0.2) is 22.2 Å². The fourth-order valence-corrected chi connectivity index (χ4v) is 7.85. The minimum Gasteiger partial charge on any atom is -0.490 e. The molecule has 1 saturated heterocycles. The Morgan fingerprint density at radius 2 is 1.67 bits per heavy atom. The molecule has 0 amide bonds. The van der Waals surface area contributed by atoms with E-state index in [-0.39, 0.29) is 16.0 Å². The van der Waals surface area contributed by atoms with Crippen molar-refractivity contribution < 1.29 is 23.1 Å². The van der Waals surface area contributed by atoms with Crippen molar-refractivity contribution in [3.05, 3.63) is 47.0 Å². The lowest BCUT2D eigenvalue weighted by Crippen LogP contribution is -2.54. The summed E-state index contributed by atoms with van der Waals surface area (Å²) in [5.74, 6) is 0.347. The van der Waals surface area contributed by atoms with Crippen molar-refractivity contribution in [2.24, 2.45) is 0 Å². The second kappa shape index (κ2) is 9.08. The summed E-state index contributed by atoms with van der Waals surface area (Å²) >= 11 is 1.73. The Bertz CT molecular complexity index is 1140. The Hall–Kier alpha value is -1.46. The molecule has 0 radical (unpaired) electrons. The number of esters is 1. The minimum atomic E-state index is -2.27. The highest BCUT2D eigenvalue weighted by Crippen LogP contribution is 2.49. The molecule has 2 aromatic rings. The fraction of sp³-hybridized carbons (Fsp3) is 0.607. The molecule has 0 unspecified atom stereocenters. The van der Waals surface area contributed by atoms with Crippen molar-refractivity contribution in [3.8, 4) is 0 Å². The standard InChI is InChI=1S/C28H42O5SSi2/c1-26(2,3)35(7,8)32-24-21(30-18-20-15-19-13-11-12-14-23(19)34-20)16-28(17-22(24)31-25(28)29)33-36(9,10)27(4,5)6/h11-16,22,24H,17-18H2,1-10H3/t22-,24-,28+/m1/s1. The van der Waals surface area contributed by atoms with Crippen LogP contribution in [0.2, 0.25) is 36.3 Å². The van der Waals surface area contributed by atoms with Gasteiger partial charge in [0, 0.05) is 16.0 Å². The number of rotatable bonds is 7. The van der Waals surface area contributed by atoms with E-state index < -0.39 is 34.4 Å². The largest absolute Gasteiger partial charge is 0.490 e. The van der Waals surface area contributed by atoms with E-state index in [2.05, 4.69) is 98.1 Å². The normalized spacial score (nSPS) is 25.2. The van der Waals surface area contributed by atoms with E-state index in [9.17, 15) is 4.79 Å². The molecular formula is C28H42O5SSi2. The summed E-state index contributed by atoms with van der Waals surface area (Å²) in [7, 11) is -4.44. The first-order valence-corrected chi connectivity index (χ1v) is 19.5. The molecule has 0 N–H and O–H groups in total. The number of fused-ring (bicyclic) bond motifs is 3. The van der Waals surface area contributed by atoms with Crippen molar-refractivity contribution in [1.82, 2.24) is 0 Å². The SMILES string of the molecule is CC(C)(C)[Si](C)(C)O[C@@H]1C(OCc2cc3ccccc3s2)=C[C@]2(O[Si](C)(C)C(C)(C)C)C[C@H]1OC2=O. The summed E-state index contributed by atoms with van der Waals surface area (Å²) in [4.78, 5) is 14.5. The van der Waals surface area contributed by atoms with E-state index in [1.54, 1.807) is 11.3 Å². The number of benzene rings is 1. The highest BCUT2D eigenvalue weighted by Gasteiger charge is 2.60. The number of carbonyl (C=O) groups excluding carboxylic acids is 1. The molecule has 8 heteroatoms. The molecule has 198 valence electrons. The van der Waals surface area contributed by atoms with Gasteiger partial charge in [-0.15, -0.1) is 11.3 Å². The van der Waals surface area contributed by atoms with Crippen molar-refractivity contribution in [2.45, 2.75) is 109 Å². The van der Waals surface area contributed by atoms with E-state index in [1.165, 1.54) is 10.1 Å². The van der Waals surface area contributed by atoms with Crippen LogP contribution in [0.1, 0.15) is 52.8 Å². The van der Waals surface area contributed by atoms with Crippen LogP contribution in [0.4, 0.5) is 0 Å². The van der Waals surface area contributed by atoms with Gasteiger partial charge in [-0.3, -0.25) is 0 Å². The topological polar surface area (TPSA) is 54.0 Å². The number of ether oxygens (including phenoxy) is 2. The highest BCUT2D eigenvalue weighted by molar-refractivity contribution is 7.19. The van der Waals surface area contributed by atoms with Gasteiger partial charge >= 0.3 is 5.97 Å². The Morgan fingerprint density at radius 3 is 2.28 bits per heavy atom. The number of thiophene rings is 1. The van der Waals surface area contributed by atoms with Gasteiger partial charge in [-0.2, -0.15) is 0 Å². The molecule has 1 aliphatic carbocycles. The first-order chi connectivity index (χ1) is 16.4. The van der Waals surface area contributed by atoms with Crippen LogP contribution in [0.15, 0.2) is 42.2 Å². The molecule has 1 fully saturated rings. The third-order valence-corrected chi connectivity index (χ3v) is 18.5. The predicted octanol–water partition coefficient (Wildman–Crippen LogP) is 7.78. The van der Waals surface area contributed by atoms with Gasteiger partial charge in [-0.25, -0.2) is 4.79 Å². The molecule has 1 aromatic heterocycles. The molecular weight excluding hydrogens is 505 g/mol. The number of hydrogen-bond donors (Lipinski definition) is 0. The summed E-state index contributed by atoms with van der Waals surface area (Å²) in [5, 5.41) is 1.18. The lowest BCUT2D eigenvalue weighted by atomic mass is 9.89. The Balaban J connectivity index is 1.69. The van der Waals surface area contributed by atoms with Crippen LogP contribution in [-0.2, 0) is 29.7 Å². The van der Waals surface area contributed by atoms with Crippen LogP contribution in [0.25, 0.3) is 10.1 Å². The molecule has 2 aliphatic rings. The monoisotopic (exact) mass is 546 g/mol. The molecule has 0 spiro atoms. The number of hydrogen-bond acceptors (Lipinski definition) is 6. The van der Waals surface area contributed by atoms with Gasteiger partial charge in [0.25, 0.3) is 0 Å². The first kappa shape index (κ1) is 27.6. The van der Waals surface area contributed by atoms with Gasteiger partial charge < -0.3 is 18.3 Å². The maximum Gasteiger partial charge on any atom is 0.342 e. The first-order valence-electron chi connectivity index (χ1n) is 12.9. The maximum atomic E-state index is 13.4. The molecule has 3 atom stereocenters. The van der Waals surface area contributed by atoms with E-state index in [1.807, 2.05) is 6.08 Å². The van der Waals surface area contributed by atoms with Gasteiger partial charge in [0.05, 0.1) is 0 Å². The summed E-state index contributed by atoms with van der Waals surface area (Å²) in [6.45, 7) is 22.4. The van der Waals surface area contributed by atoms with Crippen molar-refractivity contribution >= 4 is 44.0 Å². The van der Waals surface area contributed by atoms with E-state index in [0.29, 0.717) is 18.8 Å². The molecule has 5 nitrogen and oxygen atoms in total. The van der Waals surface area contributed by atoms with Crippen molar-refractivity contribution in [1.29, 1.82) is 0 Å². The third kappa shape index (κ3) is 5.12. The molecule has 4 rings (SSSR count). The average molecular weight is 547 g/mol. The Kier molecular flexibility index (Phi) is 6.96. The lowest BCUT2D eigenvalue weighted by Gasteiger charge is -2.44. The highest BCUT2D eigenvalue weighted by atomic mass is 32.1. The minimum absolute atomic E-state index is 0.0123. The molecule has 36 heavy (non-hydrogen) atoms. The second-order valence-electron chi connectivity index (χ2n) is 13.3.